The van der Waals surface area contributed by atoms with Crippen LogP contribution >= 0.6 is 15.9 Å². The molecule has 0 aliphatic heterocycles. The highest BCUT2D eigenvalue weighted by Gasteiger charge is 2.33. The summed E-state index contributed by atoms with van der Waals surface area (Å²) in [5.41, 5.74) is 1.29. The summed E-state index contributed by atoms with van der Waals surface area (Å²) in [5.74, 6) is -1.58. The summed E-state index contributed by atoms with van der Waals surface area (Å²) in [6.07, 6.45) is 1.17. The van der Waals surface area contributed by atoms with Crippen molar-refractivity contribution in [3.05, 3.63) is 100 Å². The van der Waals surface area contributed by atoms with Crippen LogP contribution in [-0.4, -0.2) is 50.5 Å². The smallest absolute Gasteiger partial charge is 0.244 e. The van der Waals surface area contributed by atoms with Crippen molar-refractivity contribution in [3.63, 3.8) is 0 Å². The van der Waals surface area contributed by atoms with Gasteiger partial charge in [0, 0.05) is 29.5 Å². The molecule has 0 aliphatic carbocycles. The Labute approximate surface area is 225 Å². The highest BCUT2D eigenvalue weighted by molar-refractivity contribution is 9.10. The number of nitrogens with zero attached hydrogens (tertiary/aromatic N) is 2. The molecule has 0 heterocycles. The molecule has 0 saturated carbocycles. The standard InChI is InChI=1S/C27H29BrFN3O4S/c1-3-30-27(34)25(17-20-11-5-4-6-12-20)31(18-21-13-7-9-15-23(21)29)26(33)19-32(37(2,35)36)24-16-10-8-14-22(24)28/h4-16,25H,3,17-19H2,1-2H3,(H,30,34). The molecule has 10 heteroatoms. The van der Waals surface area contributed by atoms with Crippen molar-refractivity contribution in [2.75, 3.05) is 23.7 Å². The van der Waals surface area contributed by atoms with Crippen LogP contribution in [-0.2, 0) is 32.6 Å². The van der Waals surface area contributed by atoms with Gasteiger partial charge in [-0.05, 0) is 46.6 Å². The van der Waals surface area contributed by atoms with E-state index in [2.05, 4.69) is 21.2 Å². The molecule has 37 heavy (non-hydrogen) atoms. The number of anilines is 1. The molecular formula is C27H29BrFN3O4S. The summed E-state index contributed by atoms with van der Waals surface area (Å²) < 4.78 is 41.6. The summed E-state index contributed by atoms with van der Waals surface area (Å²) >= 11 is 3.35. The Kier molecular flexibility index (Phi) is 9.82. The van der Waals surface area contributed by atoms with Crippen molar-refractivity contribution in [1.82, 2.24) is 10.2 Å². The maximum Gasteiger partial charge on any atom is 0.244 e. The molecule has 0 spiro atoms. The van der Waals surface area contributed by atoms with E-state index in [1.807, 2.05) is 30.3 Å². The number of amides is 2. The van der Waals surface area contributed by atoms with Crippen LogP contribution in [0.25, 0.3) is 0 Å². The first-order valence-electron chi connectivity index (χ1n) is 11.7. The molecule has 3 aromatic carbocycles. The highest BCUT2D eigenvalue weighted by atomic mass is 79.9. The first-order valence-corrected chi connectivity index (χ1v) is 14.3. The van der Waals surface area contributed by atoms with E-state index in [4.69, 9.17) is 0 Å². The van der Waals surface area contributed by atoms with Gasteiger partial charge < -0.3 is 10.2 Å². The summed E-state index contributed by atoms with van der Waals surface area (Å²) in [6, 6.07) is 20.8. The summed E-state index contributed by atoms with van der Waals surface area (Å²) in [4.78, 5) is 28.3. The first-order chi connectivity index (χ1) is 17.6. The normalized spacial score (nSPS) is 12.0. The van der Waals surface area contributed by atoms with Crippen LogP contribution in [0.4, 0.5) is 10.1 Å². The third kappa shape index (κ3) is 7.62. The topological polar surface area (TPSA) is 86.8 Å². The van der Waals surface area contributed by atoms with E-state index in [9.17, 15) is 22.4 Å². The first kappa shape index (κ1) is 28.3. The van der Waals surface area contributed by atoms with Gasteiger partial charge in [0.1, 0.15) is 18.4 Å². The largest absolute Gasteiger partial charge is 0.355 e. The molecule has 0 bridgehead atoms. The van der Waals surface area contributed by atoms with Crippen molar-refractivity contribution in [2.45, 2.75) is 25.9 Å². The molecule has 3 aromatic rings. The lowest BCUT2D eigenvalue weighted by Crippen LogP contribution is -2.53. The number of hydrogen-bond donors (Lipinski definition) is 1. The Bertz CT molecular complexity index is 1340. The summed E-state index contributed by atoms with van der Waals surface area (Å²) in [6.45, 7) is 1.31. The maximum absolute atomic E-state index is 14.7. The second-order valence-corrected chi connectivity index (χ2v) is 11.2. The van der Waals surface area contributed by atoms with E-state index >= 15 is 0 Å². The monoisotopic (exact) mass is 589 g/mol. The van der Waals surface area contributed by atoms with Gasteiger partial charge in [0.2, 0.25) is 21.8 Å². The number of para-hydroxylation sites is 1. The van der Waals surface area contributed by atoms with E-state index < -0.39 is 40.2 Å². The fraction of sp³-hybridized carbons (Fsp3) is 0.259. The van der Waals surface area contributed by atoms with Gasteiger partial charge >= 0.3 is 0 Å². The van der Waals surface area contributed by atoms with Crippen molar-refractivity contribution >= 4 is 43.5 Å². The number of carbonyl (C=O) groups is 2. The van der Waals surface area contributed by atoms with Gasteiger partial charge in [-0.2, -0.15) is 0 Å². The molecule has 1 N–H and O–H groups in total. The molecule has 0 aliphatic rings. The summed E-state index contributed by atoms with van der Waals surface area (Å²) in [5, 5.41) is 2.76. The van der Waals surface area contributed by atoms with Crippen LogP contribution < -0.4 is 9.62 Å². The van der Waals surface area contributed by atoms with E-state index in [1.54, 1.807) is 37.3 Å². The highest BCUT2D eigenvalue weighted by Crippen LogP contribution is 2.28. The van der Waals surface area contributed by atoms with E-state index in [1.165, 1.54) is 23.1 Å². The number of hydrogen-bond acceptors (Lipinski definition) is 4. The molecule has 0 fully saturated rings. The van der Waals surface area contributed by atoms with Gasteiger partial charge in [-0.15, -0.1) is 0 Å². The number of carbonyl (C=O) groups excluding carboxylic acids is 2. The third-order valence-electron chi connectivity index (χ3n) is 5.72. The predicted molar refractivity (Wildman–Crippen MR) is 146 cm³/mol. The zero-order chi connectivity index (χ0) is 27.0. The second kappa shape index (κ2) is 12.8. The van der Waals surface area contributed by atoms with Gasteiger partial charge in [0.25, 0.3) is 0 Å². The Morgan fingerprint density at radius 1 is 0.973 bits per heavy atom. The van der Waals surface area contributed by atoms with Crippen LogP contribution in [0.3, 0.4) is 0 Å². The van der Waals surface area contributed by atoms with Crippen LogP contribution in [0.1, 0.15) is 18.1 Å². The van der Waals surface area contributed by atoms with Gasteiger partial charge in [-0.25, -0.2) is 12.8 Å². The zero-order valence-corrected chi connectivity index (χ0v) is 23.0. The van der Waals surface area contributed by atoms with Crippen LogP contribution in [0.5, 0.6) is 0 Å². The minimum atomic E-state index is -3.88. The number of halogens is 2. The lowest BCUT2D eigenvalue weighted by atomic mass is 10.0. The Hall–Kier alpha value is -3.24. The van der Waals surface area contributed by atoms with E-state index in [0.717, 1.165) is 16.1 Å². The Morgan fingerprint density at radius 3 is 2.22 bits per heavy atom. The molecular weight excluding hydrogens is 561 g/mol. The molecule has 196 valence electrons. The van der Waals surface area contributed by atoms with Crippen molar-refractivity contribution < 1.29 is 22.4 Å². The Balaban J connectivity index is 2.06. The van der Waals surface area contributed by atoms with Gasteiger partial charge in [0.05, 0.1) is 11.9 Å². The number of benzene rings is 3. The van der Waals surface area contributed by atoms with Crippen LogP contribution in [0.2, 0.25) is 0 Å². The van der Waals surface area contributed by atoms with Crippen molar-refractivity contribution in [2.24, 2.45) is 0 Å². The van der Waals surface area contributed by atoms with E-state index in [0.29, 0.717) is 11.0 Å². The SMILES string of the molecule is CCNC(=O)C(Cc1ccccc1)N(Cc1ccccc1F)C(=O)CN(c1ccccc1Br)S(C)(=O)=O. The van der Waals surface area contributed by atoms with Gasteiger partial charge in [-0.1, -0.05) is 60.7 Å². The lowest BCUT2D eigenvalue weighted by Gasteiger charge is -2.33. The maximum atomic E-state index is 14.7. The van der Waals surface area contributed by atoms with Crippen LogP contribution in [0.15, 0.2) is 83.3 Å². The Morgan fingerprint density at radius 2 is 1.59 bits per heavy atom. The molecule has 1 atom stereocenters. The average Bonchev–Trinajstić information content (AvgIpc) is 2.86. The molecule has 3 rings (SSSR count). The minimum Gasteiger partial charge on any atom is -0.355 e. The molecule has 0 radical (unpaired) electrons. The fourth-order valence-corrected chi connectivity index (χ4v) is 5.38. The average molecular weight is 591 g/mol. The van der Waals surface area contributed by atoms with Crippen molar-refractivity contribution in [3.8, 4) is 0 Å². The molecule has 2 amide bonds. The summed E-state index contributed by atoms with van der Waals surface area (Å²) in [7, 11) is -3.88. The molecule has 0 aromatic heterocycles. The fourth-order valence-electron chi connectivity index (χ4n) is 3.90. The minimum absolute atomic E-state index is 0.167. The number of sulfonamides is 1. The number of nitrogens with one attached hydrogen (secondary N) is 1. The van der Waals surface area contributed by atoms with E-state index in [-0.39, 0.29) is 24.2 Å². The number of rotatable bonds is 11. The third-order valence-corrected chi connectivity index (χ3v) is 7.52. The zero-order valence-electron chi connectivity index (χ0n) is 20.6. The second-order valence-electron chi connectivity index (χ2n) is 8.43. The van der Waals surface area contributed by atoms with Gasteiger partial charge in [-0.3, -0.25) is 13.9 Å². The quantitative estimate of drug-likeness (QED) is 0.364. The van der Waals surface area contributed by atoms with Crippen molar-refractivity contribution in [1.29, 1.82) is 0 Å². The molecule has 7 nitrogen and oxygen atoms in total. The predicted octanol–water partition coefficient (Wildman–Crippen LogP) is 4.13. The molecule has 1 unspecified atom stereocenters. The number of likely N-dealkylation sites (N-methyl/N-ethyl adjacent to an activating group) is 1. The lowest BCUT2D eigenvalue weighted by molar-refractivity contribution is -0.140. The van der Waals surface area contributed by atoms with Gasteiger partial charge in [0.15, 0.2) is 0 Å². The molecule has 0 saturated heterocycles. The van der Waals surface area contributed by atoms with Crippen LogP contribution in [0, 0.1) is 5.82 Å².